The van der Waals surface area contributed by atoms with Crippen molar-refractivity contribution in [1.82, 2.24) is 5.32 Å². The predicted octanol–water partition coefficient (Wildman–Crippen LogP) is 1.35. The molecule has 1 atom stereocenters. The minimum atomic E-state index is 0.0519. The number of benzene rings is 1. The van der Waals surface area contributed by atoms with Gasteiger partial charge in [0.15, 0.2) is 0 Å². The number of nitrogens with one attached hydrogen (secondary N) is 1. The van der Waals surface area contributed by atoms with E-state index in [9.17, 15) is 9.90 Å². The summed E-state index contributed by atoms with van der Waals surface area (Å²) in [6.07, 6.45) is 1.99. The fourth-order valence-electron chi connectivity index (χ4n) is 2.17. The van der Waals surface area contributed by atoms with Crippen LogP contribution in [0.5, 0.6) is 5.75 Å². The topological polar surface area (TPSA) is 52.6 Å². The lowest BCUT2D eigenvalue weighted by Crippen LogP contribution is -2.41. The van der Waals surface area contributed by atoms with E-state index >= 15 is 0 Å². The standard InChI is InChI=1S/C13H18N2O2/c1-15(11-5-2-6-12(16)8-11)13(17)10-4-3-7-14-9-10/h2,5-6,8,10,14,16H,3-4,7,9H2,1H3/t10-/m0/s1. The van der Waals surface area contributed by atoms with Crippen LogP contribution in [0.15, 0.2) is 24.3 Å². The number of anilines is 1. The Bertz CT molecular complexity index is 400. The Labute approximate surface area is 101 Å². The lowest BCUT2D eigenvalue weighted by Gasteiger charge is -2.27. The van der Waals surface area contributed by atoms with Gasteiger partial charge in [-0.1, -0.05) is 6.07 Å². The maximum Gasteiger partial charge on any atom is 0.231 e. The molecule has 0 radical (unpaired) electrons. The largest absolute Gasteiger partial charge is 0.508 e. The van der Waals surface area contributed by atoms with Crippen molar-refractivity contribution in [3.63, 3.8) is 0 Å². The van der Waals surface area contributed by atoms with Gasteiger partial charge in [0.25, 0.3) is 0 Å². The summed E-state index contributed by atoms with van der Waals surface area (Å²) in [7, 11) is 1.76. The van der Waals surface area contributed by atoms with Crippen molar-refractivity contribution >= 4 is 11.6 Å². The van der Waals surface area contributed by atoms with Crippen molar-refractivity contribution in [3.05, 3.63) is 24.3 Å². The number of rotatable bonds is 2. The van der Waals surface area contributed by atoms with E-state index in [1.54, 1.807) is 30.1 Å². The molecular formula is C13H18N2O2. The lowest BCUT2D eigenvalue weighted by molar-refractivity contribution is -0.122. The smallest absolute Gasteiger partial charge is 0.231 e. The molecule has 1 aromatic rings. The summed E-state index contributed by atoms with van der Waals surface area (Å²) in [5, 5.41) is 12.6. The molecule has 4 nitrogen and oxygen atoms in total. The van der Waals surface area contributed by atoms with E-state index in [4.69, 9.17) is 0 Å². The van der Waals surface area contributed by atoms with E-state index in [1.807, 2.05) is 6.07 Å². The maximum atomic E-state index is 12.2. The average molecular weight is 234 g/mol. The van der Waals surface area contributed by atoms with Crippen LogP contribution in [0.4, 0.5) is 5.69 Å². The third-order valence-electron chi connectivity index (χ3n) is 3.19. The van der Waals surface area contributed by atoms with Crippen LogP contribution >= 0.6 is 0 Å². The van der Waals surface area contributed by atoms with Crippen LogP contribution in [0.2, 0.25) is 0 Å². The molecule has 92 valence electrons. The second-order valence-corrected chi connectivity index (χ2v) is 4.46. The Kier molecular flexibility index (Phi) is 3.64. The van der Waals surface area contributed by atoms with E-state index < -0.39 is 0 Å². The molecule has 1 aromatic carbocycles. The monoisotopic (exact) mass is 234 g/mol. The van der Waals surface area contributed by atoms with E-state index in [1.165, 1.54) is 0 Å². The van der Waals surface area contributed by atoms with Gasteiger partial charge < -0.3 is 15.3 Å². The number of hydrogen-bond donors (Lipinski definition) is 2. The first-order valence-electron chi connectivity index (χ1n) is 5.96. The number of phenolic OH excluding ortho intramolecular Hbond substituents is 1. The van der Waals surface area contributed by atoms with Crippen LogP contribution in [0, 0.1) is 5.92 Å². The molecule has 2 N–H and O–H groups in total. The summed E-state index contributed by atoms with van der Waals surface area (Å²) < 4.78 is 0. The lowest BCUT2D eigenvalue weighted by atomic mass is 9.98. The molecule has 17 heavy (non-hydrogen) atoms. The summed E-state index contributed by atoms with van der Waals surface area (Å²) in [5.41, 5.74) is 0.737. The number of piperidine rings is 1. The predicted molar refractivity (Wildman–Crippen MR) is 67.1 cm³/mol. The van der Waals surface area contributed by atoms with Crippen molar-refractivity contribution < 1.29 is 9.90 Å². The summed E-state index contributed by atoms with van der Waals surface area (Å²) in [6, 6.07) is 6.78. The molecule has 0 aromatic heterocycles. The number of hydrogen-bond acceptors (Lipinski definition) is 3. The summed E-state index contributed by atoms with van der Waals surface area (Å²) in [4.78, 5) is 13.8. The van der Waals surface area contributed by atoms with Gasteiger partial charge in [-0.05, 0) is 31.5 Å². The third kappa shape index (κ3) is 2.77. The first-order valence-corrected chi connectivity index (χ1v) is 5.96. The van der Waals surface area contributed by atoms with Crippen molar-refractivity contribution in [2.24, 2.45) is 5.92 Å². The summed E-state index contributed by atoms with van der Waals surface area (Å²) in [5.74, 6) is 0.350. The molecule has 1 amide bonds. The van der Waals surface area contributed by atoms with Gasteiger partial charge in [0.1, 0.15) is 5.75 Å². The second-order valence-electron chi connectivity index (χ2n) is 4.46. The molecule has 0 bridgehead atoms. The Balaban J connectivity index is 2.08. The molecule has 1 aliphatic heterocycles. The van der Waals surface area contributed by atoms with Crippen LogP contribution < -0.4 is 10.2 Å². The Morgan fingerprint density at radius 1 is 1.53 bits per heavy atom. The Hall–Kier alpha value is -1.55. The first kappa shape index (κ1) is 11.9. The van der Waals surface area contributed by atoms with Gasteiger partial charge in [-0.3, -0.25) is 4.79 Å². The number of nitrogens with zero attached hydrogens (tertiary/aromatic N) is 1. The number of phenols is 1. The molecule has 2 rings (SSSR count). The van der Waals surface area contributed by atoms with Gasteiger partial charge in [-0.15, -0.1) is 0 Å². The first-order chi connectivity index (χ1) is 8.18. The van der Waals surface area contributed by atoms with Gasteiger partial charge in [-0.25, -0.2) is 0 Å². The highest BCUT2D eigenvalue weighted by molar-refractivity contribution is 5.94. The number of carbonyl (C=O) groups is 1. The van der Waals surface area contributed by atoms with E-state index in [2.05, 4.69) is 5.32 Å². The zero-order chi connectivity index (χ0) is 12.3. The number of amides is 1. The minimum absolute atomic E-state index is 0.0519. The molecule has 1 saturated heterocycles. The molecule has 0 unspecified atom stereocenters. The van der Waals surface area contributed by atoms with E-state index in [0.29, 0.717) is 0 Å². The van der Waals surface area contributed by atoms with Crippen LogP contribution in [-0.2, 0) is 4.79 Å². The molecule has 0 spiro atoms. The van der Waals surface area contributed by atoms with Gasteiger partial charge in [0.05, 0.1) is 5.92 Å². The molecule has 4 heteroatoms. The van der Waals surface area contributed by atoms with E-state index in [-0.39, 0.29) is 17.6 Å². The highest BCUT2D eigenvalue weighted by atomic mass is 16.3. The quantitative estimate of drug-likeness (QED) is 0.812. The van der Waals surface area contributed by atoms with Gasteiger partial charge >= 0.3 is 0 Å². The molecule has 0 aliphatic carbocycles. The number of carbonyl (C=O) groups excluding carboxylic acids is 1. The van der Waals surface area contributed by atoms with Crippen LogP contribution in [0.25, 0.3) is 0 Å². The van der Waals surface area contributed by atoms with Gasteiger partial charge in [0, 0.05) is 25.3 Å². The fraction of sp³-hybridized carbons (Fsp3) is 0.462. The summed E-state index contributed by atoms with van der Waals surface area (Å²) >= 11 is 0. The molecule has 1 heterocycles. The normalized spacial score (nSPS) is 19.9. The van der Waals surface area contributed by atoms with Gasteiger partial charge in [-0.2, -0.15) is 0 Å². The summed E-state index contributed by atoms with van der Waals surface area (Å²) in [6.45, 7) is 1.75. The molecule has 1 fully saturated rings. The highest BCUT2D eigenvalue weighted by Gasteiger charge is 2.24. The van der Waals surface area contributed by atoms with Crippen LogP contribution in [0.1, 0.15) is 12.8 Å². The fourth-order valence-corrected chi connectivity index (χ4v) is 2.17. The zero-order valence-electron chi connectivity index (χ0n) is 10.0. The van der Waals surface area contributed by atoms with Crippen LogP contribution in [-0.4, -0.2) is 31.2 Å². The van der Waals surface area contributed by atoms with Gasteiger partial charge in [0.2, 0.25) is 5.91 Å². The third-order valence-corrected chi connectivity index (χ3v) is 3.19. The zero-order valence-corrected chi connectivity index (χ0v) is 10.0. The van der Waals surface area contributed by atoms with Crippen molar-refractivity contribution in [2.45, 2.75) is 12.8 Å². The average Bonchev–Trinajstić information content (AvgIpc) is 2.38. The van der Waals surface area contributed by atoms with Crippen molar-refractivity contribution in [1.29, 1.82) is 0 Å². The SMILES string of the molecule is CN(C(=O)[C@H]1CCCNC1)c1cccc(O)c1. The molecule has 0 saturated carbocycles. The van der Waals surface area contributed by atoms with Crippen LogP contribution in [0.3, 0.4) is 0 Å². The second kappa shape index (κ2) is 5.19. The Morgan fingerprint density at radius 2 is 2.35 bits per heavy atom. The minimum Gasteiger partial charge on any atom is -0.508 e. The van der Waals surface area contributed by atoms with Crippen molar-refractivity contribution in [2.75, 3.05) is 25.0 Å². The molecular weight excluding hydrogens is 216 g/mol. The maximum absolute atomic E-state index is 12.2. The molecule has 1 aliphatic rings. The van der Waals surface area contributed by atoms with E-state index in [0.717, 1.165) is 31.6 Å². The highest BCUT2D eigenvalue weighted by Crippen LogP contribution is 2.22. The number of aromatic hydroxyl groups is 1. The van der Waals surface area contributed by atoms with Crippen molar-refractivity contribution in [3.8, 4) is 5.75 Å². The Morgan fingerprint density at radius 3 is 3.00 bits per heavy atom.